The molecule has 0 fully saturated rings. The van der Waals surface area contributed by atoms with Crippen LogP contribution in [-0.2, 0) is 4.74 Å². The predicted octanol–water partition coefficient (Wildman–Crippen LogP) is 2.41. The van der Waals surface area contributed by atoms with E-state index in [1.54, 1.807) is 0 Å². The van der Waals surface area contributed by atoms with Gasteiger partial charge >= 0.3 is 0 Å². The highest BCUT2D eigenvalue weighted by Crippen LogP contribution is 2.16. The molecule has 0 aromatic rings. The lowest BCUT2D eigenvalue weighted by Gasteiger charge is -2.27. The van der Waals surface area contributed by atoms with Crippen LogP contribution in [0.25, 0.3) is 0 Å². The van der Waals surface area contributed by atoms with Gasteiger partial charge in [-0.25, -0.2) is 0 Å². The standard InChI is InChI=1S/C15H31N3O/c1-5-10-17-15(6-2,14-16)9-8-11-18(4)12-13-19-7-3/h17H,5-13H2,1-4H3. The van der Waals surface area contributed by atoms with Crippen molar-refractivity contribution < 1.29 is 4.74 Å². The van der Waals surface area contributed by atoms with Crippen LogP contribution in [0.15, 0.2) is 0 Å². The lowest BCUT2D eigenvalue weighted by atomic mass is 9.91. The smallest absolute Gasteiger partial charge is 0.106 e. The summed E-state index contributed by atoms with van der Waals surface area (Å²) in [5.74, 6) is 0. The molecule has 1 atom stereocenters. The van der Waals surface area contributed by atoms with E-state index in [0.717, 1.165) is 58.5 Å². The van der Waals surface area contributed by atoms with Gasteiger partial charge in [-0.3, -0.25) is 5.32 Å². The van der Waals surface area contributed by atoms with Crippen LogP contribution in [0.5, 0.6) is 0 Å². The normalized spacial score (nSPS) is 14.3. The average Bonchev–Trinajstić information content (AvgIpc) is 2.43. The maximum absolute atomic E-state index is 9.40. The highest BCUT2D eigenvalue weighted by molar-refractivity contribution is 5.06. The van der Waals surface area contributed by atoms with Gasteiger partial charge in [0.2, 0.25) is 0 Å². The van der Waals surface area contributed by atoms with Crippen molar-refractivity contribution in [2.24, 2.45) is 0 Å². The average molecular weight is 269 g/mol. The number of hydrogen-bond donors (Lipinski definition) is 1. The van der Waals surface area contributed by atoms with Gasteiger partial charge in [0.25, 0.3) is 0 Å². The molecule has 0 aliphatic heterocycles. The van der Waals surface area contributed by atoms with Crippen LogP contribution in [0.3, 0.4) is 0 Å². The Labute approximate surface area is 119 Å². The molecule has 1 unspecified atom stereocenters. The van der Waals surface area contributed by atoms with Crippen molar-refractivity contribution in [3.8, 4) is 6.07 Å². The quantitative estimate of drug-likeness (QED) is 0.553. The topological polar surface area (TPSA) is 48.3 Å². The molecule has 0 saturated carbocycles. The van der Waals surface area contributed by atoms with E-state index in [4.69, 9.17) is 4.74 Å². The van der Waals surface area contributed by atoms with Crippen molar-refractivity contribution in [3.63, 3.8) is 0 Å². The molecule has 0 heterocycles. The van der Waals surface area contributed by atoms with E-state index in [-0.39, 0.29) is 5.54 Å². The lowest BCUT2D eigenvalue weighted by Crippen LogP contribution is -2.44. The van der Waals surface area contributed by atoms with E-state index >= 15 is 0 Å². The fourth-order valence-electron chi connectivity index (χ4n) is 2.06. The summed E-state index contributed by atoms with van der Waals surface area (Å²) in [4.78, 5) is 2.27. The Morgan fingerprint density at radius 1 is 1.26 bits per heavy atom. The Morgan fingerprint density at radius 3 is 2.53 bits per heavy atom. The van der Waals surface area contributed by atoms with E-state index in [9.17, 15) is 5.26 Å². The van der Waals surface area contributed by atoms with Gasteiger partial charge in [-0.15, -0.1) is 0 Å². The molecule has 0 aliphatic carbocycles. The molecule has 4 heteroatoms. The highest BCUT2D eigenvalue weighted by Gasteiger charge is 2.26. The van der Waals surface area contributed by atoms with Crippen molar-refractivity contribution in [3.05, 3.63) is 0 Å². The maximum Gasteiger partial charge on any atom is 0.106 e. The van der Waals surface area contributed by atoms with Crippen LogP contribution >= 0.6 is 0 Å². The molecule has 19 heavy (non-hydrogen) atoms. The summed E-state index contributed by atoms with van der Waals surface area (Å²) in [5.41, 5.74) is -0.337. The summed E-state index contributed by atoms with van der Waals surface area (Å²) in [5, 5.41) is 12.8. The third-order valence-corrected chi connectivity index (χ3v) is 3.50. The molecule has 0 amide bonds. The van der Waals surface area contributed by atoms with Crippen molar-refractivity contribution >= 4 is 0 Å². The minimum atomic E-state index is -0.337. The van der Waals surface area contributed by atoms with Gasteiger partial charge < -0.3 is 9.64 Å². The molecule has 0 rings (SSSR count). The van der Waals surface area contributed by atoms with E-state index < -0.39 is 0 Å². The first kappa shape index (κ1) is 18.4. The molecule has 112 valence electrons. The van der Waals surface area contributed by atoms with Gasteiger partial charge in [-0.1, -0.05) is 13.8 Å². The Morgan fingerprint density at radius 2 is 2.00 bits per heavy atom. The zero-order valence-electron chi connectivity index (χ0n) is 13.2. The second-order valence-corrected chi connectivity index (χ2v) is 5.08. The molecule has 4 nitrogen and oxygen atoms in total. The molecule has 1 N–H and O–H groups in total. The van der Waals surface area contributed by atoms with Gasteiger partial charge in [0.05, 0.1) is 12.7 Å². The number of hydrogen-bond acceptors (Lipinski definition) is 4. The maximum atomic E-state index is 9.40. The fourth-order valence-corrected chi connectivity index (χ4v) is 2.06. The summed E-state index contributed by atoms with van der Waals surface area (Å²) >= 11 is 0. The summed E-state index contributed by atoms with van der Waals surface area (Å²) < 4.78 is 5.34. The molecule has 0 bridgehead atoms. The minimum absolute atomic E-state index is 0.337. The van der Waals surface area contributed by atoms with Crippen molar-refractivity contribution in [2.45, 2.75) is 52.0 Å². The van der Waals surface area contributed by atoms with Crippen molar-refractivity contribution in [1.82, 2.24) is 10.2 Å². The fraction of sp³-hybridized carbons (Fsp3) is 0.933. The molecule has 0 aromatic heterocycles. The molecular formula is C15H31N3O. The van der Waals surface area contributed by atoms with Gasteiger partial charge in [0, 0.05) is 13.2 Å². The summed E-state index contributed by atoms with van der Waals surface area (Å²) in [6.45, 7) is 10.7. The van der Waals surface area contributed by atoms with E-state index in [2.05, 4.69) is 37.2 Å². The van der Waals surface area contributed by atoms with Crippen LogP contribution in [0.2, 0.25) is 0 Å². The van der Waals surface area contributed by atoms with Crippen LogP contribution in [0.1, 0.15) is 46.5 Å². The first-order valence-corrected chi connectivity index (χ1v) is 7.56. The molecule has 0 radical (unpaired) electrons. The Bertz CT molecular complexity index is 252. The second-order valence-electron chi connectivity index (χ2n) is 5.08. The van der Waals surface area contributed by atoms with Crippen LogP contribution in [0.4, 0.5) is 0 Å². The Balaban J connectivity index is 3.95. The minimum Gasteiger partial charge on any atom is -0.380 e. The van der Waals surface area contributed by atoms with Crippen LogP contribution in [0, 0.1) is 11.3 Å². The largest absolute Gasteiger partial charge is 0.380 e. The molecule has 0 spiro atoms. The summed E-state index contributed by atoms with van der Waals surface area (Å²) in [7, 11) is 2.11. The predicted molar refractivity (Wildman–Crippen MR) is 80.2 cm³/mol. The van der Waals surface area contributed by atoms with Gasteiger partial charge in [0.15, 0.2) is 0 Å². The molecular weight excluding hydrogens is 238 g/mol. The SMILES string of the molecule is CCCNC(C#N)(CC)CCCN(C)CCOCC. The Kier molecular flexibility index (Phi) is 10.8. The monoisotopic (exact) mass is 269 g/mol. The Hall–Kier alpha value is -0.630. The third kappa shape index (κ3) is 8.20. The molecule has 0 aromatic carbocycles. The molecule has 0 saturated heterocycles. The van der Waals surface area contributed by atoms with Crippen LogP contribution < -0.4 is 5.32 Å². The number of nitrogens with zero attached hydrogens (tertiary/aromatic N) is 2. The number of nitrogens with one attached hydrogen (secondary N) is 1. The number of rotatable bonds is 12. The first-order chi connectivity index (χ1) is 9.14. The number of likely N-dealkylation sites (N-methyl/N-ethyl adjacent to an activating group) is 1. The first-order valence-electron chi connectivity index (χ1n) is 7.56. The van der Waals surface area contributed by atoms with Crippen molar-refractivity contribution in [1.29, 1.82) is 5.26 Å². The zero-order chi connectivity index (χ0) is 14.6. The van der Waals surface area contributed by atoms with Gasteiger partial charge in [-0.2, -0.15) is 5.26 Å². The zero-order valence-corrected chi connectivity index (χ0v) is 13.2. The van der Waals surface area contributed by atoms with Crippen molar-refractivity contribution in [2.75, 3.05) is 39.9 Å². The van der Waals surface area contributed by atoms with E-state index in [1.165, 1.54) is 0 Å². The van der Waals surface area contributed by atoms with Gasteiger partial charge in [0.1, 0.15) is 5.54 Å². The number of nitriles is 1. The highest BCUT2D eigenvalue weighted by atomic mass is 16.5. The van der Waals surface area contributed by atoms with E-state index in [1.807, 2.05) is 6.92 Å². The van der Waals surface area contributed by atoms with Gasteiger partial charge in [-0.05, 0) is 52.7 Å². The summed E-state index contributed by atoms with van der Waals surface area (Å²) in [6.07, 6.45) is 3.89. The lowest BCUT2D eigenvalue weighted by molar-refractivity contribution is 0.121. The van der Waals surface area contributed by atoms with Crippen LogP contribution in [-0.4, -0.2) is 50.3 Å². The third-order valence-electron chi connectivity index (χ3n) is 3.50. The number of ether oxygens (including phenoxy) is 1. The van der Waals surface area contributed by atoms with E-state index in [0.29, 0.717) is 0 Å². The second kappa shape index (κ2) is 11.2. The molecule has 0 aliphatic rings. The summed E-state index contributed by atoms with van der Waals surface area (Å²) in [6, 6.07) is 2.47.